The fraction of sp³-hybridized carbons (Fsp3) is 0.407. The largest absolute Gasteiger partial charge is 0.490 e. The zero-order valence-electron chi connectivity index (χ0n) is 21.1. The third kappa shape index (κ3) is 7.00. The van der Waals surface area contributed by atoms with E-state index in [2.05, 4.69) is 26.3 Å². The number of amides is 1. The molecular weight excluding hydrogens is 567 g/mol. The maximum absolute atomic E-state index is 13.3. The minimum Gasteiger partial charge on any atom is -0.490 e. The van der Waals surface area contributed by atoms with Crippen molar-refractivity contribution in [2.24, 2.45) is 0 Å². The number of rotatable bonds is 12. The Bertz CT molecular complexity index is 1260. The van der Waals surface area contributed by atoms with Crippen LogP contribution in [0.2, 0.25) is 0 Å². The lowest BCUT2D eigenvalue weighted by Crippen LogP contribution is -2.16. The van der Waals surface area contributed by atoms with Gasteiger partial charge >= 0.3 is 6.18 Å². The predicted octanol–water partition coefficient (Wildman–Crippen LogP) is 6.95. The van der Waals surface area contributed by atoms with Gasteiger partial charge in [0.25, 0.3) is 0 Å². The van der Waals surface area contributed by atoms with Gasteiger partial charge in [-0.1, -0.05) is 6.07 Å². The summed E-state index contributed by atoms with van der Waals surface area (Å²) in [6, 6.07) is 12.5. The van der Waals surface area contributed by atoms with E-state index in [-0.39, 0.29) is 29.3 Å². The van der Waals surface area contributed by atoms with Gasteiger partial charge in [0.05, 0.1) is 29.9 Å². The Morgan fingerprint density at radius 1 is 1.05 bits per heavy atom. The van der Waals surface area contributed by atoms with Crippen LogP contribution in [-0.4, -0.2) is 28.9 Å². The molecule has 38 heavy (non-hydrogen) atoms. The summed E-state index contributed by atoms with van der Waals surface area (Å²) >= 11 is 3.07. The third-order valence-corrected chi connectivity index (χ3v) is 6.65. The van der Waals surface area contributed by atoms with Crippen LogP contribution < -0.4 is 19.5 Å². The first-order valence-electron chi connectivity index (χ1n) is 12.4. The summed E-state index contributed by atoms with van der Waals surface area (Å²) in [6.07, 6.45) is -2.94. The molecule has 0 aliphatic heterocycles. The van der Waals surface area contributed by atoms with Crippen molar-refractivity contribution in [2.75, 3.05) is 18.5 Å². The first-order chi connectivity index (χ1) is 18.2. The highest BCUT2D eigenvalue weighted by atomic mass is 79.9. The molecule has 1 amide bonds. The van der Waals surface area contributed by atoms with E-state index in [9.17, 15) is 18.0 Å². The molecule has 1 fully saturated rings. The number of carbonyl (C=O) groups excluding carboxylic acids is 1. The van der Waals surface area contributed by atoms with E-state index in [1.807, 2.05) is 32.0 Å². The van der Waals surface area contributed by atoms with Crippen LogP contribution in [0.4, 0.5) is 18.9 Å². The molecule has 2 aromatic carbocycles. The molecular formula is C27H29BrF3N3O4. The second kappa shape index (κ2) is 12.1. The Morgan fingerprint density at radius 3 is 2.37 bits per heavy atom. The summed E-state index contributed by atoms with van der Waals surface area (Å²) in [5.41, 5.74) is 1.03. The summed E-state index contributed by atoms with van der Waals surface area (Å²) in [4.78, 5) is 12.5. The minimum atomic E-state index is -4.56. The molecule has 11 heteroatoms. The lowest BCUT2D eigenvalue weighted by Gasteiger charge is -2.13. The van der Waals surface area contributed by atoms with Crippen LogP contribution in [0.3, 0.4) is 0 Å². The number of aromatic nitrogens is 2. The highest BCUT2D eigenvalue weighted by molar-refractivity contribution is 9.10. The standard InChI is InChI=1S/C27H29BrF3N3O4/c1-3-36-21-12-5-17(15-22(21)37-4-2)16-38-20-10-8-19(9-11-20)32-23(35)13-14-34-25(18-6-7-18)24(28)26(33-34)27(29,30)31/h5,8-12,15,18H,3-4,6-7,13-14,16H2,1-2H3,(H,32,35). The number of alkyl halides is 3. The van der Waals surface area contributed by atoms with Gasteiger partial charge in [-0.05, 0) is 84.6 Å². The molecule has 1 heterocycles. The summed E-state index contributed by atoms with van der Waals surface area (Å²) in [6.45, 7) is 5.26. The van der Waals surface area contributed by atoms with Gasteiger partial charge in [0.1, 0.15) is 12.4 Å². The smallest absolute Gasteiger partial charge is 0.436 e. The van der Waals surface area contributed by atoms with E-state index in [1.54, 1.807) is 24.3 Å². The lowest BCUT2D eigenvalue weighted by molar-refractivity contribution is -0.142. The second-order valence-electron chi connectivity index (χ2n) is 8.80. The number of anilines is 1. The molecule has 0 saturated heterocycles. The molecule has 0 bridgehead atoms. The Labute approximate surface area is 227 Å². The van der Waals surface area contributed by atoms with Gasteiger partial charge in [0.2, 0.25) is 5.91 Å². The van der Waals surface area contributed by atoms with Gasteiger partial charge < -0.3 is 19.5 Å². The first kappa shape index (κ1) is 27.8. The van der Waals surface area contributed by atoms with Crippen molar-refractivity contribution in [3.8, 4) is 17.2 Å². The average Bonchev–Trinajstić information content (AvgIpc) is 3.65. The van der Waals surface area contributed by atoms with E-state index in [1.165, 1.54) is 4.68 Å². The zero-order valence-corrected chi connectivity index (χ0v) is 22.7. The normalized spacial score (nSPS) is 13.3. The van der Waals surface area contributed by atoms with Crippen LogP contribution in [0.25, 0.3) is 0 Å². The number of benzene rings is 2. The van der Waals surface area contributed by atoms with Crippen LogP contribution in [0.1, 0.15) is 56.0 Å². The van der Waals surface area contributed by atoms with Crippen molar-refractivity contribution in [3.05, 3.63) is 63.9 Å². The van der Waals surface area contributed by atoms with Gasteiger partial charge in [-0.3, -0.25) is 9.48 Å². The van der Waals surface area contributed by atoms with Crippen LogP contribution in [0.5, 0.6) is 17.2 Å². The van der Waals surface area contributed by atoms with Crippen LogP contribution in [-0.2, 0) is 24.1 Å². The van der Waals surface area contributed by atoms with Gasteiger partial charge in [0.15, 0.2) is 17.2 Å². The number of nitrogens with zero attached hydrogens (tertiary/aromatic N) is 2. The third-order valence-electron chi connectivity index (χ3n) is 5.87. The lowest BCUT2D eigenvalue weighted by atomic mass is 10.2. The number of halogens is 4. The SMILES string of the molecule is CCOc1ccc(COc2ccc(NC(=O)CCn3nc(C(F)(F)F)c(Br)c3C3CC3)cc2)cc1OCC. The van der Waals surface area contributed by atoms with Crippen molar-refractivity contribution in [2.45, 2.75) is 58.4 Å². The quantitative estimate of drug-likeness (QED) is 0.245. The van der Waals surface area contributed by atoms with Gasteiger partial charge in [-0.25, -0.2) is 0 Å². The van der Waals surface area contributed by atoms with Crippen molar-refractivity contribution >= 4 is 27.5 Å². The number of carbonyl (C=O) groups is 1. The van der Waals surface area contributed by atoms with Crippen LogP contribution in [0, 0.1) is 0 Å². The molecule has 0 radical (unpaired) electrons. The van der Waals surface area contributed by atoms with E-state index in [0.29, 0.717) is 48.5 Å². The van der Waals surface area contributed by atoms with Crippen LogP contribution >= 0.6 is 15.9 Å². The topological polar surface area (TPSA) is 74.6 Å². The fourth-order valence-corrected chi connectivity index (χ4v) is 4.80. The maximum Gasteiger partial charge on any atom is 0.436 e. The number of aryl methyl sites for hydroxylation is 1. The number of nitrogens with one attached hydrogen (secondary N) is 1. The molecule has 204 valence electrons. The van der Waals surface area contributed by atoms with Crippen molar-refractivity contribution < 1.29 is 32.2 Å². The Balaban J connectivity index is 1.31. The van der Waals surface area contributed by atoms with Crippen molar-refractivity contribution in [3.63, 3.8) is 0 Å². The molecule has 4 rings (SSSR count). The molecule has 0 unspecified atom stereocenters. The Morgan fingerprint density at radius 2 is 1.74 bits per heavy atom. The molecule has 1 aromatic heterocycles. The molecule has 7 nitrogen and oxygen atoms in total. The molecule has 1 N–H and O–H groups in total. The monoisotopic (exact) mass is 595 g/mol. The molecule has 0 spiro atoms. The predicted molar refractivity (Wildman–Crippen MR) is 140 cm³/mol. The Kier molecular flexibility index (Phi) is 8.86. The van der Waals surface area contributed by atoms with E-state index < -0.39 is 11.9 Å². The summed E-state index contributed by atoms with van der Waals surface area (Å²) < 4.78 is 58.2. The number of ether oxygens (including phenoxy) is 3. The zero-order chi connectivity index (χ0) is 27.3. The number of hydrogen-bond donors (Lipinski definition) is 1. The molecule has 3 aromatic rings. The van der Waals surface area contributed by atoms with E-state index in [4.69, 9.17) is 14.2 Å². The highest BCUT2D eigenvalue weighted by Crippen LogP contribution is 2.47. The molecule has 1 saturated carbocycles. The van der Waals surface area contributed by atoms with Gasteiger partial charge in [-0.15, -0.1) is 0 Å². The van der Waals surface area contributed by atoms with Crippen molar-refractivity contribution in [1.29, 1.82) is 0 Å². The highest BCUT2D eigenvalue weighted by Gasteiger charge is 2.41. The van der Waals surface area contributed by atoms with E-state index >= 15 is 0 Å². The first-order valence-corrected chi connectivity index (χ1v) is 13.2. The molecule has 0 atom stereocenters. The number of hydrogen-bond acceptors (Lipinski definition) is 5. The average molecular weight is 596 g/mol. The minimum absolute atomic E-state index is 0.0106. The van der Waals surface area contributed by atoms with E-state index in [0.717, 1.165) is 18.4 Å². The van der Waals surface area contributed by atoms with Gasteiger partial charge in [-0.2, -0.15) is 18.3 Å². The van der Waals surface area contributed by atoms with Crippen LogP contribution in [0.15, 0.2) is 46.9 Å². The Hall–Kier alpha value is -3.21. The molecule has 1 aliphatic carbocycles. The maximum atomic E-state index is 13.3. The van der Waals surface area contributed by atoms with Gasteiger partial charge in [0, 0.05) is 18.0 Å². The second-order valence-corrected chi connectivity index (χ2v) is 9.59. The molecule has 1 aliphatic rings. The summed E-state index contributed by atoms with van der Waals surface area (Å²) in [5.74, 6) is 1.68. The fourth-order valence-electron chi connectivity index (χ4n) is 3.97. The summed E-state index contributed by atoms with van der Waals surface area (Å²) in [5, 5.41) is 6.51. The van der Waals surface area contributed by atoms with Crippen molar-refractivity contribution in [1.82, 2.24) is 9.78 Å². The summed E-state index contributed by atoms with van der Waals surface area (Å²) in [7, 11) is 0.